The van der Waals surface area contributed by atoms with Crippen molar-refractivity contribution >= 4 is 28.4 Å². The van der Waals surface area contributed by atoms with E-state index in [1.807, 2.05) is 23.5 Å². The Kier molecular flexibility index (Phi) is 6.29. The Labute approximate surface area is 185 Å². The predicted octanol–water partition coefficient (Wildman–Crippen LogP) is 2.62. The van der Waals surface area contributed by atoms with Gasteiger partial charge in [0.15, 0.2) is 17.3 Å². The van der Waals surface area contributed by atoms with Crippen molar-refractivity contribution < 1.29 is 14.3 Å². The third kappa shape index (κ3) is 4.25. The maximum atomic E-state index is 12.0. The summed E-state index contributed by atoms with van der Waals surface area (Å²) in [5, 5.41) is 14.7. The molecule has 0 saturated carbocycles. The third-order valence-electron chi connectivity index (χ3n) is 5.07. The number of methoxy groups -OCH3 is 2. The minimum absolute atomic E-state index is 0.167. The average molecular weight is 435 g/mol. The first-order valence-corrected chi connectivity index (χ1v) is 10.3. The summed E-state index contributed by atoms with van der Waals surface area (Å²) in [4.78, 5) is 20.8. The van der Waals surface area contributed by atoms with Crippen LogP contribution in [0.5, 0.6) is 11.5 Å². The zero-order chi connectivity index (χ0) is 22.5. The number of aryl methyl sites for hydroxylation is 1. The van der Waals surface area contributed by atoms with Crippen molar-refractivity contribution in [2.24, 2.45) is 0 Å². The molecule has 0 atom stereocenters. The molecule has 0 bridgehead atoms. The highest BCUT2D eigenvalue weighted by Gasteiger charge is 2.16. The van der Waals surface area contributed by atoms with Gasteiger partial charge in [-0.25, -0.2) is 4.98 Å². The van der Waals surface area contributed by atoms with E-state index in [1.54, 1.807) is 38.6 Å². The maximum absolute atomic E-state index is 12.0. The number of ether oxygens (including phenoxy) is 2. The number of aromatic nitrogens is 5. The number of rotatable bonds is 9. The van der Waals surface area contributed by atoms with Crippen LogP contribution in [0.3, 0.4) is 0 Å². The first-order chi connectivity index (χ1) is 15.6. The molecule has 0 spiro atoms. The molecule has 0 saturated heterocycles. The quantitative estimate of drug-likeness (QED) is 0.386. The number of pyridine rings is 1. The van der Waals surface area contributed by atoms with Crippen LogP contribution in [0, 0.1) is 6.92 Å². The second-order valence-electron chi connectivity index (χ2n) is 7.17. The van der Waals surface area contributed by atoms with Gasteiger partial charge in [0.1, 0.15) is 11.5 Å². The molecule has 0 unspecified atom stereocenters. The largest absolute Gasteiger partial charge is 0.493 e. The number of nitrogens with zero attached hydrogens (tertiary/aromatic N) is 5. The van der Waals surface area contributed by atoms with E-state index in [0.717, 1.165) is 29.7 Å². The molecule has 0 aliphatic heterocycles. The first kappa shape index (κ1) is 21.3. The van der Waals surface area contributed by atoms with Crippen molar-refractivity contribution in [3.8, 4) is 11.5 Å². The topological polar surface area (TPSA) is 116 Å². The normalized spacial score (nSPS) is 11.0. The lowest BCUT2D eigenvalue weighted by molar-refractivity contribution is 0.0948. The number of nitrogens with one attached hydrogen (secondary N) is 2. The monoisotopic (exact) mass is 435 g/mol. The lowest BCUT2D eigenvalue weighted by Gasteiger charge is -2.13. The van der Waals surface area contributed by atoms with Crippen molar-refractivity contribution in [3.63, 3.8) is 0 Å². The highest BCUT2D eigenvalue weighted by Crippen LogP contribution is 2.33. The number of unbranched alkanes of at least 4 members (excludes halogenated alkanes) is 1. The fraction of sp³-hybridized carbons (Fsp3) is 0.318. The highest BCUT2D eigenvalue weighted by molar-refractivity contribution is 5.92. The van der Waals surface area contributed by atoms with Gasteiger partial charge < -0.3 is 20.1 Å². The molecule has 4 rings (SSSR count). The van der Waals surface area contributed by atoms with Crippen LogP contribution in [0.1, 0.15) is 29.2 Å². The van der Waals surface area contributed by atoms with Gasteiger partial charge in [-0.2, -0.15) is 0 Å². The summed E-state index contributed by atoms with van der Waals surface area (Å²) >= 11 is 0. The van der Waals surface area contributed by atoms with Gasteiger partial charge in [0.05, 0.1) is 25.3 Å². The molecule has 1 aromatic carbocycles. The third-order valence-corrected chi connectivity index (χ3v) is 5.07. The SMILES string of the molecule is COc1cc2nc(NCCCCNC(=O)c3ccccn3)c3nnc(C)n3c2cc1OC. The van der Waals surface area contributed by atoms with E-state index in [4.69, 9.17) is 14.5 Å². The number of benzene rings is 1. The zero-order valence-electron chi connectivity index (χ0n) is 18.3. The van der Waals surface area contributed by atoms with E-state index in [0.29, 0.717) is 41.7 Å². The fourth-order valence-electron chi connectivity index (χ4n) is 3.47. The molecule has 0 aliphatic carbocycles. The van der Waals surface area contributed by atoms with Gasteiger partial charge in [-0.1, -0.05) is 6.07 Å². The Morgan fingerprint density at radius 3 is 2.59 bits per heavy atom. The number of hydrogen-bond acceptors (Lipinski definition) is 8. The van der Waals surface area contributed by atoms with E-state index >= 15 is 0 Å². The molecular weight excluding hydrogens is 410 g/mol. The van der Waals surface area contributed by atoms with E-state index in [9.17, 15) is 4.79 Å². The maximum Gasteiger partial charge on any atom is 0.269 e. The Balaban J connectivity index is 1.43. The van der Waals surface area contributed by atoms with Crippen LogP contribution in [-0.4, -0.2) is 57.8 Å². The van der Waals surface area contributed by atoms with Crippen LogP contribution in [-0.2, 0) is 0 Å². The molecule has 10 nitrogen and oxygen atoms in total. The molecule has 4 aromatic rings. The summed E-state index contributed by atoms with van der Waals surface area (Å²) in [6.07, 6.45) is 3.26. The van der Waals surface area contributed by atoms with Gasteiger partial charge in [0.2, 0.25) is 5.65 Å². The zero-order valence-corrected chi connectivity index (χ0v) is 18.3. The van der Waals surface area contributed by atoms with Crippen molar-refractivity contribution in [2.45, 2.75) is 19.8 Å². The number of hydrogen-bond donors (Lipinski definition) is 2. The van der Waals surface area contributed by atoms with E-state index in [2.05, 4.69) is 25.8 Å². The summed E-state index contributed by atoms with van der Waals surface area (Å²) in [5.41, 5.74) is 2.64. The van der Waals surface area contributed by atoms with Crippen LogP contribution in [0.2, 0.25) is 0 Å². The summed E-state index contributed by atoms with van der Waals surface area (Å²) in [6, 6.07) is 8.98. The molecule has 1 amide bonds. The second kappa shape index (κ2) is 9.46. The van der Waals surface area contributed by atoms with Crippen molar-refractivity contribution in [1.82, 2.24) is 29.9 Å². The molecule has 0 radical (unpaired) electrons. The van der Waals surface area contributed by atoms with Crippen LogP contribution in [0.15, 0.2) is 36.5 Å². The van der Waals surface area contributed by atoms with E-state index in [-0.39, 0.29) is 5.91 Å². The molecule has 10 heteroatoms. The fourth-order valence-corrected chi connectivity index (χ4v) is 3.47. The molecule has 3 aromatic heterocycles. The number of anilines is 1. The van der Waals surface area contributed by atoms with Gasteiger partial charge in [-0.05, 0) is 31.9 Å². The lowest BCUT2D eigenvalue weighted by Crippen LogP contribution is -2.25. The summed E-state index contributed by atoms with van der Waals surface area (Å²) < 4.78 is 12.8. The molecule has 32 heavy (non-hydrogen) atoms. The van der Waals surface area contributed by atoms with E-state index < -0.39 is 0 Å². The van der Waals surface area contributed by atoms with Crippen LogP contribution >= 0.6 is 0 Å². The molecule has 2 N–H and O–H groups in total. The van der Waals surface area contributed by atoms with Crippen LogP contribution < -0.4 is 20.1 Å². The molecule has 166 valence electrons. The average Bonchev–Trinajstić information content (AvgIpc) is 3.22. The number of fused-ring (bicyclic) bond motifs is 3. The minimum Gasteiger partial charge on any atom is -0.493 e. The Hall–Kier alpha value is -3.95. The second-order valence-corrected chi connectivity index (χ2v) is 7.17. The Morgan fingerprint density at radius 2 is 1.84 bits per heavy atom. The Morgan fingerprint density at radius 1 is 1.06 bits per heavy atom. The van der Waals surface area contributed by atoms with Crippen molar-refractivity contribution in [2.75, 3.05) is 32.6 Å². The van der Waals surface area contributed by atoms with Gasteiger partial charge in [-0.15, -0.1) is 10.2 Å². The van der Waals surface area contributed by atoms with Gasteiger partial charge in [0, 0.05) is 31.4 Å². The summed E-state index contributed by atoms with van der Waals surface area (Å²) in [7, 11) is 3.19. The van der Waals surface area contributed by atoms with E-state index in [1.165, 1.54) is 0 Å². The lowest BCUT2D eigenvalue weighted by atomic mass is 10.2. The van der Waals surface area contributed by atoms with Crippen LogP contribution in [0.4, 0.5) is 5.82 Å². The summed E-state index contributed by atoms with van der Waals surface area (Å²) in [6.45, 7) is 3.13. The highest BCUT2D eigenvalue weighted by atomic mass is 16.5. The van der Waals surface area contributed by atoms with Crippen LogP contribution in [0.25, 0.3) is 16.7 Å². The van der Waals surface area contributed by atoms with Gasteiger partial charge >= 0.3 is 0 Å². The number of carbonyl (C=O) groups is 1. The van der Waals surface area contributed by atoms with Crippen molar-refractivity contribution in [3.05, 3.63) is 48.0 Å². The number of carbonyl (C=O) groups excluding carboxylic acids is 1. The molecular formula is C22H25N7O3. The standard InChI is InChI=1S/C22H25N7O3/c1-14-27-28-21-20(24-10-6-7-11-25-22(30)15-8-4-5-9-23-15)26-16-12-18(31-2)19(32-3)13-17(16)29(14)21/h4-5,8-9,12-13H,6-7,10-11H2,1-3H3,(H,24,26)(H,25,30). The Bertz CT molecular complexity index is 1240. The smallest absolute Gasteiger partial charge is 0.269 e. The van der Waals surface area contributed by atoms with Crippen molar-refractivity contribution in [1.29, 1.82) is 0 Å². The minimum atomic E-state index is -0.167. The predicted molar refractivity (Wildman–Crippen MR) is 120 cm³/mol. The van der Waals surface area contributed by atoms with Gasteiger partial charge in [-0.3, -0.25) is 14.2 Å². The molecule has 0 aliphatic rings. The van der Waals surface area contributed by atoms with Gasteiger partial charge in [0.25, 0.3) is 5.91 Å². The molecule has 0 fully saturated rings. The first-order valence-electron chi connectivity index (χ1n) is 10.3. The number of amides is 1. The summed E-state index contributed by atoms with van der Waals surface area (Å²) in [5.74, 6) is 2.44. The molecule has 3 heterocycles.